The molecule has 1 aliphatic rings. The molecule has 0 radical (unpaired) electrons. The van der Waals surface area contributed by atoms with Crippen molar-refractivity contribution in [3.8, 4) is 5.75 Å². The van der Waals surface area contributed by atoms with Gasteiger partial charge in [0.1, 0.15) is 11.3 Å². The molecule has 0 aliphatic carbocycles. The average Bonchev–Trinajstić information content (AvgIpc) is 3.31. The van der Waals surface area contributed by atoms with Gasteiger partial charge < -0.3 is 19.2 Å². The van der Waals surface area contributed by atoms with Gasteiger partial charge in [0.05, 0.1) is 23.4 Å². The van der Waals surface area contributed by atoms with E-state index < -0.39 is 12.2 Å². The van der Waals surface area contributed by atoms with Gasteiger partial charge in [-0.3, -0.25) is 4.79 Å². The number of para-hydroxylation sites is 1. The van der Waals surface area contributed by atoms with Gasteiger partial charge in [-0.15, -0.1) is 0 Å². The first-order valence-corrected chi connectivity index (χ1v) is 9.91. The Morgan fingerprint density at radius 3 is 2.65 bits per heavy atom. The summed E-state index contributed by atoms with van der Waals surface area (Å²) in [5, 5.41) is 4.21. The van der Waals surface area contributed by atoms with Crippen molar-refractivity contribution in [2.45, 2.75) is 6.23 Å². The number of benzene rings is 3. The van der Waals surface area contributed by atoms with Gasteiger partial charge in [0.15, 0.2) is 5.76 Å². The lowest BCUT2D eigenvalue weighted by Gasteiger charge is -2.14. The van der Waals surface area contributed by atoms with Crippen molar-refractivity contribution in [3.05, 3.63) is 94.2 Å². The fourth-order valence-electron chi connectivity index (χ4n) is 3.67. The second-order valence-electron chi connectivity index (χ2n) is 7.00. The van der Waals surface area contributed by atoms with Gasteiger partial charge >= 0.3 is 5.97 Å². The molecule has 1 aliphatic heterocycles. The van der Waals surface area contributed by atoms with Crippen molar-refractivity contribution in [1.82, 2.24) is 0 Å². The van der Waals surface area contributed by atoms with Crippen molar-refractivity contribution in [2.75, 3.05) is 12.4 Å². The maximum atomic E-state index is 13.3. The number of fused-ring (bicyclic) bond motifs is 2. The summed E-state index contributed by atoms with van der Waals surface area (Å²) < 4.78 is 16.6. The molecule has 0 saturated carbocycles. The lowest BCUT2D eigenvalue weighted by atomic mass is 10.1. The third-order valence-corrected chi connectivity index (χ3v) is 5.47. The maximum Gasteiger partial charge on any atom is 0.340 e. The molecular formula is C24H16ClNO5. The van der Waals surface area contributed by atoms with E-state index in [9.17, 15) is 9.59 Å². The number of hydrogen-bond donors (Lipinski definition) is 1. The zero-order valence-electron chi connectivity index (χ0n) is 16.3. The van der Waals surface area contributed by atoms with Crippen LogP contribution >= 0.6 is 11.6 Å². The summed E-state index contributed by atoms with van der Waals surface area (Å²) >= 11 is 6.21. The van der Waals surface area contributed by atoms with Crippen LogP contribution in [0.25, 0.3) is 11.0 Å². The molecule has 2 heterocycles. The molecule has 3 aromatic carbocycles. The molecule has 31 heavy (non-hydrogen) atoms. The van der Waals surface area contributed by atoms with Crippen LogP contribution in [-0.2, 0) is 4.74 Å². The summed E-state index contributed by atoms with van der Waals surface area (Å²) in [7, 11) is 1.50. The number of nitrogens with one attached hydrogen (secondary N) is 1. The summed E-state index contributed by atoms with van der Waals surface area (Å²) in [6.07, 6.45) is -0.740. The number of cyclic esters (lactones) is 1. The first-order valence-electron chi connectivity index (χ1n) is 9.53. The minimum absolute atomic E-state index is 0.0999. The van der Waals surface area contributed by atoms with Crippen LogP contribution in [0, 0.1) is 0 Å². The van der Waals surface area contributed by atoms with Crippen molar-refractivity contribution < 1.29 is 23.5 Å². The Labute approximate surface area is 182 Å². The molecule has 6 nitrogen and oxygen atoms in total. The fourth-order valence-corrected chi connectivity index (χ4v) is 3.93. The molecule has 1 unspecified atom stereocenters. The summed E-state index contributed by atoms with van der Waals surface area (Å²) in [5.74, 6) is -0.213. The number of halogens is 1. The fraction of sp³-hybridized carbons (Fsp3) is 0.0833. The number of ether oxygens (including phenoxy) is 2. The van der Waals surface area contributed by atoms with Crippen LogP contribution in [0.3, 0.4) is 0 Å². The average molecular weight is 434 g/mol. The zero-order valence-corrected chi connectivity index (χ0v) is 17.1. The van der Waals surface area contributed by atoms with Crippen molar-refractivity contribution in [1.29, 1.82) is 0 Å². The molecule has 1 N–H and O–H groups in total. The van der Waals surface area contributed by atoms with Gasteiger partial charge in [-0.1, -0.05) is 41.9 Å². The van der Waals surface area contributed by atoms with E-state index in [0.717, 1.165) is 0 Å². The molecule has 0 saturated heterocycles. The number of esters is 1. The number of methoxy groups -OCH3 is 1. The Hall–Kier alpha value is -3.77. The molecule has 5 rings (SSSR count). The minimum atomic E-state index is -0.740. The first kappa shape index (κ1) is 19.2. The maximum absolute atomic E-state index is 13.3. The smallest absolute Gasteiger partial charge is 0.340 e. The molecule has 4 aromatic rings. The molecule has 0 amide bonds. The standard InChI is InChI=1S/C24H16ClNO5/c1-29-19-11-10-13(12-17(19)25)21(27)22-20(16-8-4-5-9-18(16)30-22)26-23-14-6-2-3-7-15(14)24(28)31-23/h2-12,23,26H,1H3. The quantitative estimate of drug-likeness (QED) is 0.325. The van der Waals surface area contributed by atoms with Crippen molar-refractivity contribution in [2.24, 2.45) is 0 Å². The second-order valence-corrected chi connectivity index (χ2v) is 7.40. The molecule has 0 fully saturated rings. The Morgan fingerprint density at radius 2 is 1.84 bits per heavy atom. The lowest BCUT2D eigenvalue weighted by molar-refractivity contribution is 0.0437. The number of carbonyl (C=O) groups is 2. The SMILES string of the molecule is COc1ccc(C(=O)c2oc3ccccc3c2NC2OC(=O)c3ccccc32)cc1Cl. The van der Waals surface area contributed by atoms with E-state index in [-0.39, 0.29) is 11.5 Å². The zero-order chi connectivity index (χ0) is 21.5. The summed E-state index contributed by atoms with van der Waals surface area (Å²) in [6, 6.07) is 19.2. The Balaban J connectivity index is 1.59. The molecule has 0 bridgehead atoms. The van der Waals surface area contributed by atoms with E-state index in [0.29, 0.717) is 44.1 Å². The predicted molar refractivity (Wildman–Crippen MR) is 116 cm³/mol. The van der Waals surface area contributed by atoms with Gasteiger partial charge in [-0.2, -0.15) is 0 Å². The summed E-state index contributed by atoms with van der Waals surface area (Å²) in [6.45, 7) is 0. The van der Waals surface area contributed by atoms with Crippen LogP contribution in [0.15, 0.2) is 71.1 Å². The van der Waals surface area contributed by atoms with Gasteiger partial charge in [-0.25, -0.2) is 4.79 Å². The van der Waals surface area contributed by atoms with E-state index >= 15 is 0 Å². The number of anilines is 1. The topological polar surface area (TPSA) is 77.8 Å². The summed E-state index contributed by atoms with van der Waals surface area (Å²) in [5.41, 5.74) is 2.51. The summed E-state index contributed by atoms with van der Waals surface area (Å²) in [4.78, 5) is 25.6. The highest BCUT2D eigenvalue weighted by Gasteiger charge is 2.33. The highest BCUT2D eigenvalue weighted by Crippen LogP contribution is 2.38. The van der Waals surface area contributed by atoms with Gasteiger partial charge in [0, 0.05) is 16.5 Å². The van der Waals surface area contributed by atoms with Crippen LogP contribution in [0.1, 0.15) is 38.3 Å². The third-order valence-electron chi connectivity index (χ3n) is 5.18. The first-order chi connectivity index (χ1) is 15.1. The monoisotopic (exact) mass is 433 g/mol. The van der Waals surface area contributed by atoms with Gasteiger partial charge in [0.2, 0.25) is 12.0 Å². The Bertz CT molecular complexity index is 1340. The number of rotatable bonds is 5. The van der Waals surface area contributed by atoms with Gasteiger partial charge in [-0.05, 0) is 36.4 Å². The third kappa shape index (κ3) is 3.21. The van der Waals surface area contributed by atoms with Crippen LogP contribution in [0.5, 0.6) is 5.75 Å². The highest BCUT2D eigenvalue weighted by atomic mass is 35.5. The molecule has 1 atom stereocenters. The van der Waals surface area contributed by atoms with Crippen molar-refractivity contribution >= 4 is 40.0 Å². The largest absolute Gasteiger partial charge is 0.495 e. The molecular weight excluding hydrogens is 418 g/mol. The predicted octanol–water partition coefficient (Wildman–Crippen LogP) is 5.61. The van der Waals surface area contributed by atoms with E-state index in [2.05, 4.69) is 5.32 Å². The molecule has 154 valence electrons. The normalized spacial score (nSPS) is 14.9. The van der Waals surface area contributed by atoms with Crippen LogP contribution in [0.2, 0.25) is 5.02 Å². The van der Waals surface area contributed by atoms with E-state index in [1.54, 1.807) is 30.3 Å². The molecule has 1 aromatic heterocycles. The highest BCUT2D eigenvalue weighted by molar-refractivity contribution is 6.32. The van der Waals surface area contributed by atoms with Crippen LogP contribution in [-0.4, -0.2) is 18.9 Å². The minimum Gasteiger partial charge on any atom is -0.495 e. The number of carbonyl (C=O) groups excluding carboxylic acids is 2. The molecule has 0 spiro atoms. The second kappa shape index (κ2) is 7.49. The van der Waals surface area contributed by atoms with E-state index in [1.807, 2.05) is 30.3 Å². The van der Waals surface area contributed by atoms with E-state index in [4.69, 9.17) is 25.5 Å². The number of ketones is 1. The Kier molecular flexibility index (Phi) is 4.64. The van der Waals surface area contributed by atoms with Crippen molar-refractivity contribution in [3.63, 3.8) is 0 Å². The van der Waals surface area contributed by atoms with Crippen LogP contribution in [0.4, 0.5) is 5.69 Å². The van der Waals surface area contributed by atoms with E-state index in [1.165, 1.54) is 13.2 Å². The number of hydrogen-bond acceptors (Lipinski definition) is 6. The van der Waals surface area contributed by atoms with Crippen LogP contribution < -0.4 is 10.1 Å². The molecule has 7 heteroatoms. The van der Waals surface area contributed by atoms with Gasteiger partial charge in [0.25, 0.3) is 0 Å². The Morgan fingerprint density at radius 1 is 1.06 bits per heavy atom. The number of furan rings is 1. The lowest BCUT2D eigenvalue weighted by Crippen LogP contribution is -2.13.